The smallest absolute Gasteiger partial charge is 0.348 e. The van der Waals surface area contributed by atoms with Crippen LogP contribution in [0, 0.1) is 11.3 Å². The molecule has 2 rings (SSSR count). The number of carbonyl (C=O) groups is 1. The normalized spacial score (nSPS) is 11.0. The molecule has 0 aliphatic heterocycles. The molecule has 0 spiro atoms. The molecule has 0 aliphatic rings. The summed E-state index contributed by atoms with van der Waals surface area (Å²) in [5.41, 5.74) is 1.56. The SMILES string of the molecule is CCOC(=O)/C(C#N)=C/c1cccn1-c1ccc(Cl)cc1. The van der Waals surface area contributed by atoms with Crippen molar-refractivity contribution < 1.29 is 9.53 Å². The van der Waals surface area contributed by atoms with Crippen molar-refractivity contribution >= 4 is 23.6 Å². The topological polar surface area (TPSA) is 55.0 Å². The highest BCUT2D eigenvalue weighted by Gasteiger charge is 2.11. The van der Waals surface area contributed by atoms with Crippen LogP contribution in [0.4, 0.5) is 0 Å². The summed E-state index contributed by atoms with van der Waals surface area (Å²) < 4.78 is 6.70. The van der Waals surface area contributed by atoms with Gasteiger partial charge >= 0.3 is 5.97 Å². The Hall–Kier alpha value is -2.51. The number of aromatic nitrogens is 1. The molecule has 1 aromatic carbocycles. The third-order valence-corrected chi connectivity index (χ3v) is 3.05. The largest absolute Gasteiger partial charge is 0.462 e. The number of nitrogens with zero attached hydrogens (tertiary/aromatic N) is 2. The van der Waals surface area contributed by atoms with Crippen molar-refractivity contribution in [2.45, 2.75) is 6.92 Å². The van der Waals surface area contributed by atoms with Crippen molar-refractivity contribution in [1.82, 2.24) is 4.57 Å². The third-order valence-electron chi connectivity index (χ3n) is 2.79. The molecule has 0 saturated carbocycles. The molecule has 0 atom stereocenters. The van der Waals surface area contributed by atoms with Crippen LogP contribution in [0.1, 0.15) is 12.6 Å². The highest BCUT2D eigenvalue weighted by Crippen LogP contribution is 2.18. The first-order valence-electron chi connectivity index (χ1n) is 6.38. The van der Waals surface area contributed by atoms with Gasteiger partial charge in [-0.05, 0) is 49.4 Å². The van der Waals surface area contributed by atoms with Gasteiger partial charge in [-0.15, -0.1) is 0 Å². The van der Waals surface area contributed by atoms with Crippen molar-refractivity contribution in [1.29, 1.82) is 5.26 Å². The quantitative estimate of drug-likeness (QED) is 0.492. The Morgan fingerprint density at radius 1 is 1.38 bits per heavy atom. The number of halogens is 1. The third kappa shape index (κ3) is 3.53. The van der Waals surface area contributed by atoms with Crippen molar-refractivity contribution in [3.05, 3.63) is 58.9 Å². The molecule has 106 valence electrons. The molecule has 1 heterocycles. The number of hydrogen-bond acceptors (Lipinski definition) is 3. The van der Waals surface area contributed by atoms with Crippen LogP contribution in [0.15, 0.2) is 48.2 Å². The molecule has 0 saturated heterocycles. The molecular weight excluding hydrogens is 288 g/mol. The van der Waals surface area contributed by atoms with Gasteiger partial charge in [-0.3, -0.25) is 0 Å². The van der Waals surface area contributed by atoms with Crippen LogP contribution in [0.2, 0.25) is 5.02 Å². The molecule has 21 heavy (non-hydrogen) atoms. The predicted molar refractivity (Wildman–Crippen MR) is 81.0 cm³/mol. The molecule has 0 unspecified atom stereocenters. The lowest BCUT2D eigenvalue weighted by Crippen LogP contribution is -2.06. The molecular formula is C16H13ClN2O2. The van der Waals surface area contributed by atoms with Gasteiger partial charge in [0.1, 0.15) is 11.6 Å². The molecule has 5 heteroatoms. The summed E-state index contributed by atoms with van der Waals surface area (Å²) >= 11 is 5.87. The van der Waals surface area contributed by atoms with Gasteiger partial charge in [0, 0.05) is 22.6 Å². The number of esters is 1. The van der Waals surface area contributed by atoms with Gasteiger partial charge in [0.15, 0.2) is 0 Å². The van der Waals surface area contributed by atoms with Gasteiger partial charge in [0.25, 0.3) is 0 Å². The zero-order chi connectivity index (χ0) is 15.2. The Morgan fingerprint density at radius 2 is 2.10 bits per heavy atom. The molecule has 0 N–H and O–H groups in total. The fraction of sp³-hybridized carbons (Fsp3) is 0.125. The first-order chi connectivity index (χ1) is 10.2. The number of ether oxygens (including phenoxy) is 1. The lowest BCUT2D eigenvalue weighted by molar-refractivity contribution is -0.137. The van der Waals surface area contributed by atoms with Crippen molar-refractivity contribution in [2.75, 3.05) is 6.61 Å². The highest BCUT2D eigenvalue weighted by molar-refractivity contribution is 6.30. The average molecular weight is 301 g/mol. The zero-order valence-electron chi connectivity index (χ0n) is 11.4. The minimum atomic E-state index is -0.621. The maximum absolute atomic E-state index is 11.7. The fourth-order valence-corrected chi connectivity index (χ4v) is 1.97. The molecule has 0 amide bonds. The summed E-state index contributed by atoms with van der Waals surface area (Å²) in [6, 6.07) is 12.8. The molecule has 0 radical (unpaired) electrons. The summed E-state index contributed by atoms with van der Waals surface area (Å²) in [5.74, 6) is -0.621. The highest BCUT2D eigenvalue weighted by atomic mass is 35.5. The first-order valence-corrected chi connectivity index (χ1v) is 6.75. The summed E-state index contributed by atoms with van der Waals surface area (Å²) in [6.07, 6.45) is 3.35. The van der Waals surface area contributed by atoms with Crippen molar-refractivity contribution in [2.24, 2.45) is 0 Å². The zero-order valence-corrected chi connectivity index (χ0v) is 12.2. The van der Waals surface area contributed by atoms with Gasteiger partial charge < -0.3 is 9.30 Å². The first kappa shape index (κ1) is 14.9. The molecule has 2 aromatic rings. The Balaban J connectivity index is 2.38. The van der Waals surface area contributed by atoms with E-state index in [1.54, 1.807) is 19.1 Å². The maximum atomic E-state index is 11.7. The van der Waals surface area contributed by atoms with Crippen LogP contribution in [0.25, 0.3) is 11.8 Å². The lowest BCUT2D eigenvalue weighted by Gasteiger charge is -2.07. The van der Waals surface area contributed by atoms with E-state index in [1.165, 1.54) is 6.08 Å². The Bertz CT molecular complexity index is 709. The second-order valence-electron chi connectivity index (χ2n) is 4.17. The summed E-state index contributed by atoms with van der Waals surface area (Å²) in [6.45, 7) is 1.93. The monoisotopic (exact) mass is 300 g/mol. The van der Waals surface area contributed by atoms with E-state index in [9.17, 15) is 4.79 Å². The van der Waals surface area contributed by atoms with E-state index in [0.29, 0.717) is 10.7 Å². The molecule has 0 fully saturated rings. The standard InChI is InChI=1S/C16H13ClN2O2/c1-2-21-16(20)12(11-18)10-15-4-3-9-19(15)14-7-5-13(17)6-8-14/h3-10H,2H2,1H3/b12-10+. The van der Waals surface area contributed by atoms with E-state index >= 15 is 0 Å². The lowest BCUT2D eigenvalue weighted by atomic mass is 10.2. The van der Waals surface area contributed by atoms with Gasteiger partial charge in [0.05, 0.1) is 6.61 Å². The van der Waals surface area contributed by atoms with E-state index < -0.39 is 5.97 Å². The van der Waals surface area contributed by atoms with Gasteiger partial charge in [-0.25, -0.2) is 4.79 Å². The molecule has 4 nitrogen and oxygen atoms in total. The minimum Gasteiger partial charge on any atom is -0.462 e. The van der Waals surface area contributed by atoms with Crippen LogP contribution in [0.3, 0.4) is 0 Å². The number of carbonyl (C=O) groups excluding carboxylic acids is 1. The van der Waals surface area contributed by atoms with E-state index in [0.717, 1.165) is 5.69 Å². The van der Waals surface area contributed by atoms with Gasteiger partial charge in [0.2, 0.25) is 0 Å². The van der Waals surface area contributed by atoms with Gasteiger partial charge in [-0.1, -0.05) is 11.6 Å². The van der Waals surface area contributed by atoms with Gasteiger partial charge in [-0.2, -0.15) is 5.26 Å². The molecule has 0 bridgehead atoms. The fourth-order valence-electron chi connectivity index (χ4n) is 1.84. The molecule has 0 aliphatic carbocycles. The van der Waals surface area contributed by atoms with Crippen LogP contribution in [-0.2, 0) is 9.53 Å². The predicted octanol–water partition coefficient (Wildman–Crippen LogP) is 3.60. The Kier molecular flexibility index (Phi) is 4.81. The van der Waals surface area contributed by atoms with Crippen LogP contribution in [0.5, 0.6) is 0 Å². The number of rotatable bonds is 4. The van der Waals surface area contributed by atoms with E-state index in [4.69, 9.17) is 21.6 Å². The van der Waals surface area contributed by atoms with Crippen molar-refractivity contribution in [3.8, 4) is 11.8 Å². The number of hydrogen-bond donors (Lipinski definition) is 0. The second kappa shape index (κ2) is 6.78. The van der Waals surface area contributed by atoms with Crippen molar-refractivity contribution in [3.63, 3.8) is 0 Å². The van der Waals surface area contributed by atoms with Crippen LogP contribution in [-0.4, -0.2) is 17.1 Å². The number of nitriles is 1. The summed E-state index contributed by atoms with van der Waals surface area (Å²) in [4.78, 5) is 11.7. The number of benzene rings is 1. The maximum Gasteiger partial charge on any atom is 0.348 e. The molecule has 1 aromatic heterocycles. The minimum absolute atomic E-state index is 0.0363. The average Bonchev–Trinajstić information content (AvgIpc) is 2.94. The van der Waals surface area contributed by atoms with Crippen LogP contribution >= 0.6 is 11.6 Å². The Morgan fingerprint density at radius 3 is 2.71 bits per heavy atom. The van der Waals surface area contributed by atoms with E-state index in [-0.39, 0.29) is 12.2 Å². The van der Waals surface area contributed by atoms with E-state index in [1.807, 2.05) is 41.1 Å². The second-order valence-corrected chi connectivity index (χ2v) is 4.61. The van der Waals surface area contributed by atoms with E-state index in [2.05, 4.69) is 0 Å². The Labute approximate surface area is 127 Å². The van der Waals surface area contributed by atoms with Crippen LogP contribution < -0.4 is 0 Å². The summed E-state index contributed by atoms with van der Waals surface area (Å²) in [7, 11) is 0. The summed E-state index contributed by atoms with van der Waals surface area (Å²) in [5, 5.41) is 9.72.